The zero-order valence-corrected chi connectivity index (χ0v) is 9.24. The Balaban J connectivity index is 3.28. The van der Waals surface area contributed by atoms with Crippen molar-refractivity contribution in [1.82, 2.24) is 4.98 Å². The topological polar surface area (TPSA) is 91.2 Å². The SMILES string of the molecule is CCOC(=O)c1nc(CN)c(N)cc1C(F)F. The van der Waals surface area contributed by atoms with E-state index in [4.69, 9.17) is 11.5 Å². The van der Waals surface area contributed by atoms with Crippen LogP contribution in [-0.2, 0) is 11.3 Å². The Kier molecular flexibility index (Phi) is 4.33. The van der Waals surface area contributed by atoms with Gasteiger partial charge >= 0.3 is 5.97 Å². The number of rotatable bonds is 4. The van der Waals surface area contributed by atoms with E-state index >= 15 is 0 Å². The first-order valence-corrected chi connectivity index (χ1v) is 4.95. The highest BCUT2D eigenvalue weighted by Gasteiger charge is 2.23. The van der Waals surface area contributed by atoms with Gasteiger partial charge in [0, 0.05) is 6.54 Å². The summed E-state index contributed by atoms with van der Waals surface area (Å²) in [5, 5.41) is 0. The van der Waals surface area contributed by atoms with Crippen molar-refractivity contribution in [3.05, 3.63) is 23.0 Å². The van der Waals surface area contributed by atoms with Gasteiger partial charge < -0.3 is 16.2 Å². The second-order valence-corrected chi connectivity index (χ2v) is 3.19. The normalized spacial score (nSPS) is 10.6. The molecule has 0 radical (unpaired) electrons. The van der Waals surface area contributed by atoms with Gasteiger partial charge in [-0.25, -0.2) is 18.6 Å². The van der Waals surface area contributed by atoms with Crippen molar-refractivity contribution in [3.63, 3.8) is 0 Å². The van der Waals surface area contributed by atoms with E-state index in [0.29, 0.717) is 0 Å². The zero-order valence-electron chi connectivity index (χ0n) is 9.24. The summed E-state index contributed by atoms with van der Waals surface area (Å²) in [6.07, 6.45) is -2.85. The maximum atomic E-state index is 12.7. The van der Waals surface area contributed by atoms with Gasteiger partial charge in [0.1, 0.15) is 0 Å². The van der Waals surface area contributed by atoms with Gasteiger partial charge in [-0.2, -0.15) is 0 Å². The molecule has 0 aliphatic carbocycles. The van der Waals surface area contributed by atoms with Crippen LogP contribution in [0.15, 0.2) is 6.07 Å². The third kappa shape index (κ3) is 2.88. The molecule has 94 valence electrons. The lowest BCUT2D eigenvalue weighted by molar-refractivity contribution is 0.0507. The van der Waals surface area contributed by atoms with Crippen LogP contribution >= 0.6 is 0 Å². The van der Waals surface area contributed by atoms with E-state index < -0.39 is 23.7 Å². The van der Waals surface area contributed by atoms with Crippen molar-refractivity contribution in [1.29, 1.82) is 0 Å². The quantitative estimate of drug-likeness (QED) is 0.778. The number of nitrogens with zero attached hydrogens (tertiary/aromatic N) is 1. The molecule has 0 bridgehead atoms. The molecule has 4 N–H and O–H groups in total. The van der Waals surface area contributed by atoms with E-state index in [1.54, 1.807) is 6.92 Å². The number of ether oxygens (including phenoxy) is 1. The van der Waals surface area contributed by atoms with Gasteiger partial charge in [0.05, 0.1) is 23.6 Å². The van der Waals surface area contributed by atoms with Gasteiger partial charge in [0.15, 0.2) is 5.69 Å². The van der Waals surface area contributed by atoms with Crippen LogP contribution in [0, 0.1) is 0 Å². The maximum absolute atomic E-state index is 12.7. The van der Waals surface area contributed by atoms with Crippen molar-refractivity contribution < 1.29 is 18.3 Å². The number of nitrogen functional groups attached to an aromatic ring is 1. The molecule has 0 aliphatic heterocycles. The average molecular weight is 245 g/mol. The van der Waals surface area contributed by atoms with Gasteiger partial charge in [0.25, 0.3) is 6.43 Å². The molecule has 17 heavy (non-hydrogen) atoms. The lowest BCUT2D eigenvalue weighted by Crippen LogP contribution is -2.15. The van der Waals surface area contributed by atoms with E-state index in [2.05, 4.69) is 9.72 Å². The molecule has 0 fully saturated rings. The summed E-state index contributed by atoms with van der Waals surface area (Å²) >= 11 is 0. The summed E-state index contributed by atoms with van der Waals surface area (Å²) in [6.45, 7) is 1.61. The van der Waals surface area contributed by atoms with Crippen molar-refractivity contribution in [3.8, 4) is 0 Å². The van der Waals surface area contributed by atoms with Gasteiger partial charge in [-0.1, -0.05) is 0 Å². The first-order chi connectivity index (χ1) is 8.01. The zero-order chi connectivity index (χ0) is 13.0. The molecule has 1 rings (SSSR count). The van der Waals surface area contributed by atoms with Crippen LogP contribution in [0.4, 0.5) is 14.5 Å². The van der Waals surface area contributed by atoms with Gasteiger partial charge in [-0.05, 0) is 13.0 Å². The minimum Gasteiger partial charge on any atom is -0.461 e. The van der Waals surface area contributed by atoms with Gasteiger partial charge in [-0.3, -0.25) is 0 Å². The molecule has 1 heterocycles. The fourth-order valence-corrected chi connectivity index (χ4v) is 1.28. The molecule has 0 unspecified atom stereocenters. The molecule has 1 aromatic heterocycles. The number of esters is 1. The smallest absolute Gasteiger partial charge is 0.357 e. The minimum absolute atomic E-state index is 0.0378. The highest BCUT2D eigenvalue weighted by Crippen LogP contribution is 2.26. The fraction of sp³-hybridized carbons (Fsp3) is 0.400. The molecule has 0 aromatic carbocycles. The number of alkyl halides is 2. The predicted molar refractivity (Wildman–Crippen MR) is 57.5 cm³/mol. The number of pyridine rings is 1. The number of hydrogen-bond donors (Lipinski definition) is 2. The van der Waals surface area contributed by atoms with Crippen molar-refractivity contribution in [2.75, 3.05) is 12.3 Å². The Morgan fingerprint density at radius 3 is 2.71 bits per heavy atom. The molecule has 1 aromatic rings. The lowest BCUT2D eigenvalue weighted by Gasteiger charge is -2.11. The third-order valence-electron chi connectivity index (χ3n) is 2.06. The summed E-state index contributed by atoms with van der Waals surface area (Å²) in [7, 11) is 0. The van der Waals surface area contributed by atoms with Crippen LogP contribution in [0.2, 0.25) is 0 Å². The number of nitrogens with two attached hydrogens (primary N) is 2. The summed E-state index contributed by atoms with van der Waals surface area (Å²) in [5.41, 5.74) is 10.1. The van der Waals surface area contributed by atoms with E-state index in [1.165, 1.54) is 0 Å². The van der Waals surface area contributed by atoms with Crippen LogP contribution in [0.5, 0.6) is 0 Å². The standard InChI is InChI=1S/C10H13F2N3O2/c1-2-17-10(16)8-5(9(11)12)3-6(14)7(4-13)15-8/h3,9H,2,4,13-14H2,1H3. The van der Waals surface area contributed by atoms with Crippen molar-refractivity contribution >= 4 is 11.7 Å². The molecule has 0 spiro atoms. The molecular formula is C10H13F2N3O2. The summed E-state index contributed by atoms with van der Waals surface area (Å²) < 4.78 is 30.1. The van der Waals surface area contributed by atoms with Crippen LogP contribution in [-0.4, -0.2) is 17.6 Å². The number of anilines is 1. The largest absolute Gasteiger partial charge is 0.461 e. The second kappa shape index (κ2) is 5.53. The van der Waals surface area contributed by atoms with E-state index in [0.717, 1.165) is 6.07 Å². The number of carbonyl (C=O) groups excluding carboxylic acids is 1. The van der Waals surface area contributed by atoms with Crippen LogP contribution in [0.3, 0.4) is 0 Å². The molecule has 0 amide bonds. The van der Waals surface area contributed by atoms with E-state index in [9.17, 15) is 13.6 Å². The monoisotopic (exact) mass is 245 g/mol. The first kappa shape index (κ1) is 13.3. The van der Waals surface area contributed by atoms with Crippen LogP contribution in [0.1, 0.15) is 35.1 Å². The Morgan fingerprint density at radius 2 is 2.24 bits per heavy atom. The molecule has 0 saturated heterocycles. The van der Waals surface area contributed by atoms with Crippen molar-refractivity contribution in [2.24, 2.45) is 5.73 Å². The summed E-state index contributed by atoms with van der Waals surface area (Å²) in [5.74, 6) is -0.905. The average Bonchev–Trinajstić information content (AvgIpc) is 2.28. The van der Waals surface area contributed by atoms with E-state index in [1.807, 2.05) is 0 Å². The fourth-order valence-electron chi connectivity index (χ4n) is 1.28. The van der Waals surface area contributed by atoms with Crippen molar-refractivity contribution in [2.45, 2.75) is 19.9 Å². The van der Waals surface area contributed by atoms with Crippen LogP contribution < -0.4 is 11.5 Å². The summed E-state index contributed by atoms with van der Waals surface area (Å²) in [4.78, 5) is 15.2. The second-order valence-electron chi connectivity index (χ2n) is 3.19. The predicted octanol–water partition coefficient (Wildman–Crippen LogP) is 1.24. The number of aromatic nitrogens is 1. The highest BCUT2D eigenvalue weighted by molar-refractivity contribution is 5.89. The molecule has 7 heteroatoms. The third-order valence-corrected chi connectivity index (χ3v) is 2.06. The first-order valence-electron chi connectivity index (χ1n) is 4.95. The Bertz CT molecular complexity index is 424. The highest BCUT2D eigenvalue weighted by atomic mass is 19.3. The minimum atomic E-state index is -2.85. The Labute approximate surface area is 96.8 Å². The lowest BCUT2D eigenvalue weighted by atomic mass is 10.1. The summed E-state index contributed by atoms with van der Waals surface area (Å²) in [6, 6.07) is 1.01. The number of halogens is 2. The van der Waals surface area contributed by atoms with Gasteiger partial charge in [-0.15, -0.1) is 0 Å². The van der Waals surface area contributed by atoms with E-state index in [-0.39, 0.29) is 24.5 Å². The molecule has 0 atom stereocenters. The Hall–Kier alpha value is -1.76. The van der Waals surface area contributed by atoms with Gasteiger partial charge in [0.2, 0.25) is 0 Å². The Morgan fingerprint density at radius 1 is 1.59 bits per heavy atom. The molecule has 0 saturated carbocycles. The number of carbonyl (C=O) groups is 1. The van der Waals surface area contributed by atoms with Crippen LogP contribution in [0.25, 0.3) is 0 Å². The molecular weight excluding hydrogens is 232 g/mol. The maximum Gasteiger partial charge on any atom is 0.357 e. The molecule has 0 aliphatic rings. The number of hydrogen-bond acceptors (Lipinski definition) is 5. The molecule has 5 nitrogen and oxygen atoms in total.